The molecular weight excluding hydrogens is 192 g/mol. The highest BCUT2D eigenvalue weighted by Crippen LogP contribution is 2.23. The van der Waals surface area contributed by atoms with Gasteiger partial charge in [0, 0.05) is 25.7 Å². The van der Waals surface area contributed by atoms with E-state index in [-0.39, 0.29) is 6.04 Å². The second-order valence-corrected chi connectivity index (χ2v) is 3.66. The van der Waals surface area contributed by atoms with Gasteiger partial charge in [-0.15, -0.1) is 0 Å². The third-order valence-corrected chi connectivity index (χ3v) is 2.66. The van der Waals surface area contributed by atoms with E-state index in [9.17, 15) is 0 Å². The quantitative estimate of drug-likeness (QED) is 0.673. The summed E-state index contributed by atoms with van der Waals surface area (Å²) in [6.45, 7) is 0.941. The average molecular weight is 204 g/mol. The van der Waals surface area contributed by atoms with Crippen molar-refractivity contribution >= 4 is 0 Å². The molecule has 3 heterocycles. The third kappa shape index (κ3) is 1.33. The van der Waals surface area contributed by atoms with Gasteiger partial charge in [-0.2, -0.15) is 15.0 Å². The van der Waals surface area contributed by atoms with E-state index in [0.717, 1.165) is 24.4 Å². The van der Waals surface area contributed by atoms with Crippen LogP contribution < -0.4 is 5.32 Å². The fourth-order valence-corrected chi connectivity index (χ4v) is 1.96. The van der Waals surface area contributed by atoms with Crippen molar-refractivity contribution in [3.05, 3.63) is 29.6 Å². The lowest BCUT2D eigenvalue weighted by Crippen LogP contribution is -2.31. The second-order valence-electron chi connectivity index (χ2n) is 3.66. The number of nitrogens with one attached hydrogen (secondary N) is 2. The fraction of sp³-hybridized carbons (Fsp3) is 0.444. The van der Waals surface area contributed by atoms with Gasteiger partial charge in [0.2, 0.25) is 0 Å². The summed E-state index contributed by atoms with van der Waals surface area (Å²) in [4.78, 5) is 9.05. The Morgan fingerprint density at radius 3 is 3.27 bits per heavy atom. The van der Waals surface area contributed by atoms with E-state index in [1.807, 2.05) is 7.05 Å². The molecule has 0 aliphatic carbocycles. The zero-order valence-electron chi connectivity index (χ0n) is 8.44. The molecule has 0 saturated carbocycles. The summed E-state index contributed by atoms with van der Waals surface area (Å²) in [5, 5.41) is 11.8. The first-order chi connectivity index (χ1) is 7.34. The fourth-order valence-electron chi connectivity index (χ4n) is 1.96. The van der Waals surface area contributed by atoms with Crippen LogP contribution >= 0.6 is 0 Å². The predicted octanol–water partition coefficient (Wildman–Crippen LogP) is -0.227. The highest BCUT2D eigenvalue weighted by Gasteiger charge is 2.25. The molecule has 1 atom stereocenters. The number of aromatic amines is 1. The number of hydrogen-bond acceptors (Lipinski definition) is 4. The molecule has 6 heteroatoms. The van der Waals surface area contributed by atoms with Gasteiger partial charge in [0.05, 0.1) is 24.3 Å². The molecule has 6 nitrogen and oxygen atoms in total. The topological polar surface area (TPSA) is 71.4 Å². The van der Waals surface area contributed by atoms with Gasteiger partial charge in [-0.25, -0.2) is 4.98 Å². The number of nitrogens with zero attached hydrogens (tertiary/aromatic N) is 4. The SMILES string of the molecule is Cn1ncc(C2NCCc3[nH]cnc32)n1. The van der Waals surface area contributed by atoms with Crippen molar-refractivity contribution in [3.63, 3.8) is 0 Å². The summed E-state index contributed by atoms with van der Waals surface area (Å²) in [5.74, 6) is 0. The van der Waals surface area contributed by atoms with Gasteiger partial charge < -0.3 is 10.3 Å². The Bertz CT molecular complexity index is 470. The molecule has 0 spiro atoms. The van der Waals surface area contributed by atoms with Crippen LogP contribution in [-0.2, 0) is 13.5 Å². The number of imidazole rings is 1. The zero-order chi connectivity index (χ0) is 10.3. The molecule has 0 aromatic carbocycles. The summed E-state index contributed by atoms with van der Waals surface area (Å²) in [6.07, 6.45) is 4.51. The normalized spacial score (nSPS) is 20.2. The zero-order valence-corrected chi connectivity index (χ0v) is 8.44. The third-order valence-electron chi connectivity index (χ3n) is 2.66. The summed E-state index contributed by atoms with van der Waals surface area (Å²) < 4.78 is 0. The first kappa shape index (κ1) is 8.60. The van der Waals surface area contributed by atoms with Gasteiger partial charge >= 0.3 is 0 Å². The molecule has 2 N–H and O–H groups in total. The lowest BCUT2D eigenvalue weighted by Gasteiger charge is -2.20. The van der Waals surface area contributed by atoms with Crippen molar-refractivity contribution in [2.75, 3.05) is 6.54 Å². The number of aryl methyl sites for hydroxylation is 1. The molecule has 0 fully saturated rings. The number of H-pyrrole nitrogens is 1. The van der Waals surface area contributed by atoms with E-state index >= 15 is 0 Å². The molecule has 78 valence electrons. The van der Waals surface area contributed by atoms with Crippen LogP contribution in [0.4, 0.5) is 0 Å². The first-order valence-electron chi connectivity index (χ1n) is 4.96. The van der Waals surface area contributed by atoms with Crippen molar-refractivity contribution < 1.29 is 0 Å². The summed E-state index contributed by atoms with van der Waals surface area (Å²) in [6, 6.07) is 0.0775. The average Bonchev–Trinajstić information content (AvgIpc) is 2.84. The Labute approximate surface area is 86.7 Å². The van der Waals surface area contributed by atoms with Crippen LogP contribution in [0.2, 0.25) is 0 Å². The van der Waals surface area contributed by atoms with Crippen LogP contribution in [0.15, 0.2) is 12.5 Å². The van der Waals surface area contributed by atoms with Gasteiger partial charge in [0.25, 0.3) is 0 Å². The molecule has 0 bridgehead atoms. The standard InChI is InChI=1S/C9H12N6/c1-15-13-4-7(14-15)9-8-6(2-3-10-9)11-5-12-8/h4-5,9-10H,2-3H2,1H3,(H,11,12). The van der Waals surface area contributed by atoms with E-state index in [0.29, 0.717) is 0 Å². The van der Waals surface area contributed by atoms with Crippen LogP contribution in [-0.4, -0.2) is 31.5 Å². The molecule has 2 aromatic heterocycles. The highest BCUT2D eigenvalue weighted by molar-refractivity contribution is 5.26. The van der Waals surface area contributed by atoms with Crippen molar-refractivity contribution in [3.8, 4) is 0 Å². The molecule has 3 rings (SSSR count). The summed E-state index contributed by atoms with van der Waals surface area (Å²) in [7, 11) is 1.82. The van der Waals surface area contributed by atoms with Crippen LogP contribution in [0.25, 0.3) is 0 Å². The van der Waals surface area contributed by atoms with Gasteiger partial charge in [0.1, 0.15) is 5.69 Å². The van der Waals surface area contributed by atoms with E-state index in [2.05, 4.69) is 25.5 Å². The highest BCUT2D eigenvalue weighted by atomic mass is 15.5. The maximum atomic E-state index is 4.33. The van der Waals surface area contributed by atoms with E-state index in [4.69, 9.17) is 0 Å². The van der Waals surface area contributed by atoms with Crippen molar-refractivity contribution in [2.45, 2.75) is 12.5 Å². The molecule has 0 radical (unpaired) electrons. The van der Waals surface area contributed by atoms with Crippen molar-refractivity contribution in [1.82, 2.24) is 30.3 Å². The second kappa shape index (κ2) is 3.16. The van der Waals surface area contributed by atoms with Crippen LogP contribution in [0.1, 0.15) is 23.1 Å². The van der Waals surface area contributed by atoms with Crippen LogP contribution in [0.3, 0.4) is 0 Å². The number of hydrogen-bond donors (Lipinski definition) is 2. The molecule has 2 aromatic rings. The molecule has 1 unspecified atom stereocenters. The van der Waals surface area contributed by atoms with Crippen LogP contribution in [0, 0.1) is 0 Å². The number of fused-ring (bicyclic) bond motifs is 1. The van der Waals surface area contributed by atoms with E-state index in [1.165, 1.54) is 5.69 Å². The van der Waals surface area contributed by atoms with Crippen LogP contribution in [0.5, 0.6) is 0 Å². The first-order valence-corrected chi connectivity index (χ1v) is 4.96. The molecule has 1 aliphatic heterocycles. The molecule has 0 saturated heterocycles. The van der Waals surface area contributed by atoms with Gasteiger partial charge in [0.15, 0.2) is 0 Å². The largest absolute Gasteiger partial charge is 0.348 e. The number of rotatable bonds is 1. The monoisotopic (exact) mass is 204 g/mol. The maximum Gasteiger partial charge on any atom is 0.106 e. The molecule has 15 heavy (non-hydrogen) atoms. The van der Waals surface area contributed by atoms with Gasteiger partial charge in [-0.3, -0.25) is 0 Å². The molecule has 1 aliphatic rings. The van der Waals surface area contributed by atoms with Crippen molar-refractivity contribution in [1.29, 1.82) is 0 Å². The Balaban J connectivity index is 2.02. The maximum absolute atomic E-state index is 4.33. The minimum Gasteiger partial charge on any atom is -0.348 e. The Morgan fingerprint density at radius 1 is 1.53 bits per heavy atom. The summed E-state index contributed by atoms with van der Waals surface area (Å²) >= 11 is 0. The lowest BCUT2D eigenvalue weighted by atomic mass is 10.0. The van der Waals surface area contributed by atoms with Gasteiger partial charge in [-0.1, -0.05) is 0 Å². The lowest BCUT2D eigenvalue weighted by molar-refractivity contribution is 0.532. The Kier molecular flexibility index (Phi) is 1.81. The summed E-state index contributed by atoms with van der Waals surface area (Å²) in [5.41, 5.74) is 3.16. The minimum atomic E-state index is 0.0775. The van der Waals surface area contributed by atoms with Crippen molar-refractivity contribution in [2.24, 2.45) is 7.05 Å². The Morgan fingerprint density at radius 2 is 2.47 bits per heavy atom. The predicted molar refractivity (Wildman–Crippen MR) is 53.1 cm³/mol. The van der Waals surface area contributed by atoms with Gasteiger partial charge in [-0.05, 0) is 0 Å². The Hall–Kier alpha value is -1.69. The van der Waals surface area contributed by atoms with E-state index in [1.54, 1.807) is 17.3 Å². The minimum absolute atomic E-state index is 0.0775. The smallest absolute Gasteiger partial charge is 0.106 e. The number of aromatic nitrogens is 5. The molecule has 0 amide bonds. The molecular formula is C9H12N6. The van der Waals surface area contributed by atoms with E-state index < -0.39 is 0 Å².